The molecule has 1 aromatic heterocycles. The highest BCUT2D eigenvalue weighted by Crippen LogP contribution is 2.44. The first kappa shape index (κ1) is 24.4. The second-order valence-electron chi connectivity index (χ2n) is 7.58. The van der Waals surface area contributed by atoms with Crippen molar-refractivity contribution in [2.24, 2.45) is 0 Å². The highest BCUT2D eigenvalue weighted by Gasteiger charge is 2.48. The summed E-state index contributed by atoms with van der Waals surface area (Å²) in [5, 5.41) is 11.8. The molecule has 1 N–H and O–H groups in total. The Hall–Kier alpha value is -3.69. The molecule has 2 aromatic carbocycles. The Bertz CT molecular complexity index is 1330. The van der Waals surface area contributed by atoms with E-state index in [1.54, 1.807) is 55.5 Å². The number of aliphatic hydroxyl groups excluding tert-OH is 1. The Morgan fingerprint density at radius 1 is 1.14 bits per heavy atom. The summed E-state index contributed by atoms with van der Waals surface area (Å²) in [5.41, 5.74) is 1.14. The Morgan fingerprint density at radius 3 is 2.40 bits per heavy atom. The van der Waals surface area contributed by atoms with Crippen LogP contribution >= 0.6 is 22.9 Å². The number of amides is 1. The molecule has 35 heavy (non-hydrogen) atoms. The number of methoxy groups -OCH3 is 1. The van der Waals surface area contributed by atoms with Crippen LogP contribution < -0.4 is 9.64 Å². The van der Waals surface area contributed by atoms with Crippen LogP contribution in [0.25, 0.3) is 5.76 Å². The summed E-state index contributed by atoms with van der Waals surface area (Å²) in [6, 6.07) is 12.1. The summed E-state index contributed by atoms with van der Waals surface area (Å²) < 4.78 is 10.2. The quantitative estimate of drug-likeness (QED) is 0.216. The third-order valence-corrected chi connectivity index (χ3v) is 6.82. The van der Waals surface area contributed by atoms with Gasteiger partial charge >= 0.3 is 11.9 Å². The van der Waals surface area contributed by atoms with E-state index < -0.39 is 23.7 Å². The zero-order valence-electron chi connectivity index (χ0n) is 19.1. The number of carbonyl (C=O) groups excluding carboxylic acids is 3. The fraction of sp³-hybridized carbons (Fsp3) is 0.200. The van der Waals surface area contributed by atoms with E-state index in [4.69, 9.17) is 21.1 Å². The molecule has 10 heteroatoms. The molecule has 8 nitrogen and oxygen atoms in total. The van der Waals surface area contributed by atoms with Crippen molar-refractivity contribution >= 4 is 51.5 Å². The molecule has 1 aliphatic rings. The van der Waals surface area contributed by atoms with Gasteiger partial charge in [-0.2, -0.15) is 0 Å². The third-order valence-electron chi connectivity index (χ3n) is 5.43. The van der Waals surface area contributed by atoms with Gasteiger partial charge in [0.15, 0.2) is 5.13 Å². The third kappa shape index (κ3) is 4.52. The van der Waals surface area contributed by atoms with Gasteiger partial charge < -0.3 is 14.6 Å². The van der Waals surface area contributed by atoms with Crippen molar-refractivity contribution in [1.29, 1.82) is 0 Å². The number of anilines is 1. The minimum absolute atomic E-state index is 0.103. The maximum absolute atomic E-state index is 13.2. The Morgan fingerprint density at radius 2 is 1.80 bits per heavy atom. The first-order valence-electron chi connectivity index (χ1n) is 10.6. The Kier molecular flexibility index (Phi) is 6.90. The zero-order chi connectivity index (χ0) is 25.3. The maximum atomic E-state index is 13.2. The number of Topliss-reactive ketones (excluding diaryl/α,β-unsaturated/α-hetero) is 1. The normalized spacial score (nSPS) is 17.0. The van der Waals surface area contributed by atoms with E-state index in [9.17, 15) is 19.5 Å². The van der Waals surface area contributed by atoms with Gasteiger partial charge in [-0.15, -0.1) is 0 Å². The van der Waals surface area contributed by atoms with Gasteiger partial charge in [0.25, 0.3) is 5.78 Å². The molecule has 0 unspecified atom stereocenters. The molecule has 1 aliphatic heterocycles. The van der Waals surface area contributed by atoms with Gasteiger partial charge in [0.2, 0.25) is 0 Å². The number of nitrogens with zero attached hydrogens (tertiary/aromatic N) is 2. The highest BCUT2D eigenvalue weighted by molar-refractivity contribution is 7.17. The van der Waals surface area contributed by atoms with E-state index in [0.717, 1.165) is 11.3 Å². The van der Waals surface area contributed by atoms with E-state index in [-0.39, 0.29) is 21.3 Å². The standard InChI is InChI=1S/C25H21ClN2O6S/c1-4-34-17-11-7-15(8-12-17)20(29)18-19(14-5-9-16(26)10-6-14)28(23(31)21(18)30)25-27-13(2)22(35-25)24(32)33-3/h5-12,19,29H,4H2,1-3H3/t19-/m1/s1. The number of aryl methyl sites for hydroxylation is 1. The van der Waals surface area contributed by atoms with E-state index in [1.807, 2.05) is 6.92 Å². The predicted molar refractivity (Wildman–Crippen MR) is 132 cm³/mol. The fourth-order valence-electron chi connectivity index (χ4n) is 3.79. The minimum atomic E-state index is -0.991. The van der Waals surface area contributed by atoms with Crippen LogP contribution in [-0.2, 0) is 14.3 Å². The lowest BCUT2D eigenvalue weighted by molar-refractivity contribution is -0.132. The zero-order valence-corrected chi connectivity index (χ0v) is 20.6. The van der Waals surface area contributed by atoms with Crippen molar-refractivity contribution in [3.8, 4) is 5.75 Å². The number of esters is 1. The fourth-order valence-corrected chi connectivity index (χ4v) is 4.93. The Labute approximate surface area is 210 Å². The van der Waals surface area contributed by atoms with Gasteiger partial charge in [-0.05, 0) is 55.8 Å². The minimum Gasteiger partial charge on any atom is -0.507 e. The van der Waals surface area contributed by atoms with Crippen molar-refractivity contribution < 1.29 is 29.0 Å². The van der Waals surface area contributed by atoms with Crippen molar-refractivity contribution in [2.75, 3.05) is 18.6 Å². The van der Waals surface area contributed by atoms with Crippen molar-refractivity contribution in [3.05, 3.63) is 80.8 Å². The molecular formula is C25H21ClN2O6S. The van der Waals surface area contributed by atoms with Crippen LogP contribution in [0, 0.1) is 6.92 Å². The largest absolute Gasteiger partial charge is 0.507 e. The summed E-state index contributed by atoms with van der Waals surface area (Å²) in [5.74, 6) is -2.07. The molecule has 4 rings (SSSR count). The smallest absolute Gasteiger partial charge is 0.350 e. The van der Waals surface area contributed by atoms with Gasteiger partial charge in [0.05, 0.1) is 31.0 Å². The van der Waals surface area contributed by atoms with Gasteiger partial charge in [-0.1, -0.05) is 35.1 Å². The highest BCUT2D eigenvalue weighted by atomic mass is 35.5. The lowest BCUT2D eigenvalue weighted by Gasteiger charge is -2.23. The monoisotopic (exact) mass is 512 g/mol. The molecule has 0 radical (unpaired) electrons. The first-order valence-corrected chi connectivity index (χ1v) is 11.8. The summed E-state index contributed by atoms with van der Waals surface area (Å²) in [6.07, 6.45) is 0. The SMILES string of the molecule is CCOc1ccc(C(O)=C2C(=O)C(=O)N(c3nc(C)c(C(=O)OC)s3)[C@@H]2c2ccc(Cl)cc2)cc1. The average molecular weight is 513 g/mol. The van der Waals surface area contributed by atoms with Gasteiger partial charge in [0.1, 0.15) is 16.4 Å². The molecule has 3 aromatic rings. The van der Waals surface area contributed by atoms with Crippen molar-refractivity contribution in [2.45, 2.75) is 19.9 Å². The molecule has 0 bridgehead atoms. The number of benzene rings is 2. The van der Waals surface area contributed by atoms with Crippen LogP contribution in [-0.4, -0.2) is 41.5 Å². The number of halogens is 1. The van der Waals surface area contributed by atoms with E-state index in [2.05, 4.69) is 4.98 Å². The molecular weight excluding hydrogens is 492 g/mol. The number of ether oxygens (including phenoxy) is 2. The average Bonchev–Trinajstić information content (AvgIpc) is 3.36. The van der Waals surface area contributed by atoms with Gasteiger partial charge in [-0.25, -0.2) is 9.78 Å². The molecule has 0 spiro atoms. The van der Waals surface area contributed by atoms with E-state index >= 15 is 0 Å². The number of ketones is 1. The number of hydrogen-bond acceptors (Lipinski definition) is 8. The topological polar surface area (TPSA) is 106 Å². The van der Waals surface area contributed by atoms with Crippen LogP contribution in [0.5, 0.6) is 5.75 Å². The van der Waals surface area contributed by atoms with Crippen molar-refractivity contribution in [3.63, 3.8) is 0 Å². The number of thiazole rings is 1. The number of carbonyl (C=O) groups is 3. The molecule has 1 saturated heterocycles. The Balaban J connectivity index is 1.89. The molecule has 0 saturated carbocycles. The second-order valence-corrected chi connectivity index (χ2v) is 8.99. The maximum Gasteiger partial charge on any atom is 0.350 e. The molecule has 0 aliphatic carbocycles. The lowest BCUT2D eigenvalue weighted by Crippen LogP contribution is -2.29. The predicted octanol–water partition coefficient (Wildman–Crippen LogP) is 4.92. The molecule has 180 valence electrons. The molecule has 1 amide bonds. The molecule has 2 heterocycles. The summed E-state index contributed by atoms with van der Waals surface area (Å²) >= 11 is 6.99. The van der Waals surface area contributed by atoms with E-state index in [0.29, 0.717) is 34.2 Å². The molecule has 1 atom stereocenters. The summed E-state index contributed by atoms with van der Waals surface area (Å²) in [7, 11) is 1.25. The summed E-state index contributed by atoms with van der Waals surface area (Å²) in [4.78, 5) is 44.4. The number of aliphatic hydroxyl groups is 1. The van der Waals surface area contributed by atoms with Gasteiger partial charge in [0, 0.05) is 10.6 Å². The molecule has 1 fully saturated rings. The van der Waals surface area contributed by atoms with Crippen LogP contribution in [0.1, 0.15) is 39.5 Å². The lowest BCUT2D eigenvalue weighted by atomic mass is 9.95. The van der Waals surface area contributed by atoms with Crippen LogP contribution in [0.15, 0.2) is 54.1 Å². The van der Waals surface area contributed by atoms with Crippen molar-refractivity contribution in [1.82, 2.24) is 4.98 Å². The van der Waals surface area contributed by atoms with Crippen LogP contribution in [0.3, 0.4) is 0 Å². The summed E-state index contributed by atoms with van der Waals surface area (Å²) in [6.45, 7) is 3.95. The van der Waals surface area contributed by atoms with Gasteiger partial charge in [-0.3, -0.25) is 14.5 Å². The van der Waals surface area contributed by atoms with Crippen LogP contribution in [0.4, 0.5) is 5.13 Å². The second kappa shape index (κ2) is 9.89. The van der Waals surface area contributed by atoms with E-state index in [1.165, 1.54) is 12.0 Å². The first-order chi connectivity index (χ1) is 16.8. The number of aromatic nitrogens is 1. The number of rotatable bonds is 6. The number of hydrogen-bond donors (Lipinski definition) is 1. The van der Waals surface area contributed by atoms with Crippen LogP contribution in [0.2, 0.25) is 5.02 Å².